The van der Waals surface area contributed by atoms with Crippen molar-refractivity contribution in [1.82, 2.24) is 0 Å². The highest BCUT2D eigenvalue weighted by molar-refractivity contribution is 5.15. The average Bonchev–Trinajstić information content (AvgIpc) is 2.06. The van der Waals surface area contributed by atoms with E-state index in [1.807, 2.05) is 44.2 Å². The van der Waals surface area contributed by atoms with Crippen LogP contribution in [0, 0.1) is 5.92 Å². The SMILES string of the molecule is CC(C)[C@H](O)Cc1ccccc1. The predicted molar refractivity (Wildman–Crippen MR) is 51.0 cm³/mol. The first kappa shape index (κ1) is 9.27. The normalized spacial score (nSPS) is 13.3. The lowest BCUT2D eigenvalue weighted by Crippen LogP contribution is -2.17. The van der Waals surface area contributed by atoms with Crippen molar-refractivity contribution in [3.63, 3.8) is 0 Å². The van der Waals surface area contributed by atoms with E-state index >= 15 is 0 Å². The molecule has 1 N–H and O–H groups in total. The van der Waals surface area contributed by atoms with Crippen LogP contribution in [-0.2, 0) is 6.42 Å². The summed E-state index contributed by atoms with van der Waals surface area (Å²) in [4.78, 5) is 0. The van der Waals surface area contributed by atoms with Crippen molar-refractivity contribution in [2.24, 2.45) is 5.92 Å². The first-order valence-electron chi connectivity index (χ1n) is 4.42. The Labute approximate surface area is 74.1 Å². The fraction of sp³-hybridized carbons (Fsp3) is 0.455. The van der Waals surface area contributed by atoms with Gasteiger partial charge in [0.25, 0.3) is 0 Å². The Balaban J connectivity index is 2.53. The summed E-state index contributed by atoms with van der Waals surface area (Å²) in [7, 11) is 0. The van der Waals surface area contributed by atoms with E-state index in [9.17, 15) is 5.11 Å². The molecule has 66 valence electrons. The molecule has 1 atom stereocenters. The molecule has 1 heteroatoms. The standard InChI is InChI=1S/C11H16O/c1-9(2)11(12)8-10-6-4-3-5-7-10/h3-7,9,11-12H,8H2,1-2H3/t11-/m1/s1. The number of hydrogen-bond acceptors (Lipinski definition) is 1. The summed E-state index contributed by atoms with van der Waals surface area (Å²) in [6.07, 6.45) is 0.547. The van der Waals surface area contributed by atoms with Gasteiger partial charge in [-0.25, -0.2) is 0 Å². The molecule has 0 radical (unpaired) electrons. The first-order valence-corrected chi connectivity index (χ1v) is 4.42. The number of aliphatic hydroxyl groups excluding tert-OH is 1. The molecule has 0 heterocycles. The number of benzene rings is 1. The van der Waals surface area contributed by atoms with Crippen molar-refractivity contribution in [1.29, 1.82) is 0 Å². The van der Waals surface area contributed by atoms with Crippen LogP contribution in [0.15, 0.2) is 30.3 Å². The van der Waals surface area contributed by atoms with Gasteiger partial charge in [0.15, 0.2) is 0 Å². The largest absolute Gasteiger partial charge is 0.393 e. The van der Waals surface area contributed by atoms with Gasteiger partial charge < -0.3 is 5.11 Å². The smallest absolute Gasteiger partial charge is 0.0603 e. The van der Waals surface area contributed by atoms with E-state index in [2.05, 4.69) is 0 Å². The van der Waals surface area contributed by atoms with Crippen molar-refractivity contribution in [3.8, 4) is 0 Å². The average molecular weight is 164 g/mol. The van der Waals surface area contributed by atoms with Crippen LogP contribution >= 0.6 is 0 Å². The van der Waals surface area contributed by atoms with Crippen LogP contribution in [0.5, 0.6) is 0 Å². The molecule has 0 saturated carbocycles. The monoisotopic (exact) mass is 164 g/mol. The zero-order valence-electron chi connectivity index (χ0n) is 7.70. The molecular formula is C11H16O. The van der Waals surface area contributed by atoms with E-state index in [0.717, 1.165) is 6.42 Å². The Hall–Kier alpha value is -0.820. The molecule has 0 saturated heterocycles. The molecule has 1 aromatic carbocycles. The Bertz CT molecular complexity index is 216. The van der Waals surface area contributed by atoms with Crippen molar-refractivity contribution in [3.05, 3.63) is 35.9 Å². The molecule has 1 nitrogen and oxygen atoms in total. The van der Waals surface area contributed by atoms with Crippen LogP contribution in [0.3, 0.4) is 0 Å². The molecule has 1 aromatic rings. The number of hydrogen-bond donors (Lipinski definition) is 1. The molecular weight excluding hydrogens is 148 g/mol. The minimum Gasteiger partial charge on any atom is -0.393 e. The fourth-order valence-corrected chi connectivity index (χ4v) is 1.09. The second-order valence-corrected chi connectivity index (χ2v) is 3.50. The van der Waals surface area contributed by atoms with Crippen LogP contribution in [0.4, 0.5) is 0 Å². The van der Waals surface area contributed by atoms with E-state index in [1.165, 1.54) is 5.56 Å². The van der Waals surface area contributed by atoms with Crippen molar-refractivity contribution >= 4 is 0 Å². The quantitative estimate of drug-likeness (QED) is 0.726. The van der Waals surface area contributed by atoms with Gasteiger partial charge in [-0.1, -0.05) is 44.2 Å². The highest BCUT2D eigenvalue weighted by atomic mass is 16.3. The van der Waals surface area contributed by atoms with E-state index in [0.29, 0.717) is 5.92 Å². The molecule has 0 bridgehead atoms. The molecule has 0 aromatic heterocycles. The van der Waals surface area contributed by atoms with Gasteiger partial charge in [0.1, 0.15) is 0 Å². The zero-order chi connectivity index (χ0) is 8.97. The van der Waals surface area contributed by atoms with Crippen LogP contribution < -0.4 is 0 Å². The minimum absolute atomic E-state index is 0.215. The second kappa shape index (κ2) is 4.27. The predicted octanol–water partition coefficient (Wildman–Crippen LogP) is 2.25. The van der Waals surface area contributed by atoms with Crippen molar-refractivity contribution < 1.29 is 5.11 Å². The molecule has 0 spiro atoms. The van der Waals surface area contributed by atoms with Gasteiger partial charge in [0.2, 0.25) is 0 Å². The maximum Gasteiger partial charge on any atom is 0.0603 e. The van der Waals surface area contributed by atoms with Gasteiger partial charge in [-0.15, -0.1) is 0 Å². The summed E-state index contributed by atoms with van der Waals surface area (Å²) < 4.78 is 0. The molecule has 0 amide bonds. The van der Waals surface area contributed by atoms with Gasteiger partial charge in [0.05, 0.1) is 6.10 Å². The third kappa shape index (κ3) is 2.67. The lowest BCUT2D eigenvalue weighted by molar-refractivity contribution is 0.126. The van der Waals surface area contributed by atoms with Crippen LogP contribution in [0.1, 0.15) is 19.4 Å². The Morgan fingerprint density at radius 3 is 2.25 bits per heavy atom. The van der Waals surface area contributed by atoms with Gasteiger partial charge in [0, 0.05) is 0 Å². The van der Waals surface area contributed by atoms with Gasteiger partial charge >= 0.3 is 0 Å². The highest BCUT2D eigenvalue weighted by Crippen LogP contribution is 2.09. The maximum atomic E-state index is 9.58. The van der Waals surface area contributed by atoms with E-state index in [1.54, 1.807) is 0 Å². The summed E-state index contributed by atoms with van der Waals surface area (Å²) in [6.45, 7) is 4.07. The summed E-state index contributed by atoms with van der Waals surface area (Å²) in [5, 5.41) is 9.58. The maximum absolute atomic E-state index is 9.58. The molecule has 0 aliphatic carbocycles. The minimum atomic E-state index is -0.215. The van der Waals surface area contributed by atoms with Crippen molar-refractivity contribution in [2.75, 3.05) is 0 Å². The number of rotatable bonds is 3. The molecule has 0 aliphatic heterocycles. The molecule has 0 fully saturated rings. The molecule has 1 rings (SSSR count). The summed E-state index contributed by atoms with van der Waals surface area (Å²) in [6, 6.07) is 10.1. The topological polar surface area (TPSA) is 20.2 Å². The molecule has 0 aliphatic rings. The Morgan fingerprint density at radius 1 is 1.17 bits per heavy atom. The second-order valence-electron chi connectivity index (χ2n) is 3.50. The Kier molecular flexibility index (Phi) is 3.30. The number of aliphatic hydroxyl groups is 1. The van der Waals surface area contributed by atoms with Crippen LogP contribution in [0.2, 0.25) is 0 Å². The van der Waals surface area contributed by atoms with E-state index in [-0.39, 0.29) is 6.10 Å². The van der Waals surface area contributed by atoms with Crippen molar-refractivity contribution in [2.45, 2.75) is 26.4 Å². The third-order valence-electron chi connectivity index (χ3n) is 2.06. The summed E-state index contributed by atoms with van der Waals surface area (Å²) in [5.41, 5.74) is 1.21. The van der Waals surface area contributed by atoms with Gasteiger partial charge in [-0.05, 0) is 17.9 Å². The molecule has 12 heavy (non-hydrogen) atoms. The first-order chi connectivity index (χ1) is 5.70. The highest BCUT2D eigenvalue weighted by Gasteiger charge is 2.08. The Morgan fingerprint density at radius 2 is 1.75 bits per heavy atom. The van der Waals surface area contributed by atoms with Crippen LogP contribution in [-0.4, -0.2) is 11.2 Å². The lowest BCUT2D eigenvalue weighted by atomic mass is 10.00. The lowest BCUT2D eigenvalue weighted by Gasteiger charge is -2.13. The van der Waals surface area contributed by atoms with Gasteiger partial charge in [-0.2, -0.15) is 0 Å². The fourth-order valence-electron chi connectivity index (χ4n) is 1.09. The van der Waals surface area contributed by atoms with E-state index in [4.69, 9.17) is 0 Å². The third-order valence-corrected chi connectivity index (χ3v) is 2.06. The van der Waals surface area contributed by atoms with Crippen LogP contribution in [0.25, 0.3) is 0 Å². The summed E-state index contributed by atoms with van der Waals surface area (Å²) >= 11 is 0. The van der Waals surface area contributed by atoms with Gasteiger partial charge in [-0.3, -0.25) is 0 Å². The summed E-state index contributed by atoms with van der Waals surface area (Å²) in [5.74, 6) is 0.338. The van der Waals surface area contributed by atoms with E-state index < -0.39 is 0 Å². The molecule has 0 unspecified atom stereocenters. The zero-order valence-corrected chi connectivity index (χ0v) is 7.70.